The van der Waals surface area contributed by atoms with Gasteiger partial charge >= 0.3 is 52.7 Å². The molecule has 0 spiro atoms. The Labute approximate surface area is 172 Å². The average Bonchev–Trinajstić information content (AvgIpc) is 3.12. The highest BCUT2D eigenvalue weighted by molar-refractivity contribution is 6.22. The number of amides is 1. The maximum atomic E-state index is 13.6. The van der Waals surface area contributed by atoms with Crippen molar-refractivity contribution in [2.24, 2.45) is 0 Å². The van der Waals surface area contributed by atoms with Crippen LogP contribution < -0.4 is 5.32 Å². The largest absolute Gasteiger partial charge is 0.393 e. The second kappa shape index (κ2) is 7.61. The van der Waals surface area contributed by atoms with Gasteiger partial charge in [-0.3, -0.25) is 10.1 Å². The van der Waals surface area contributed by atoms with Crippen molar-refractivity contribution in [2.45, 2.75) is 46.8 Å². The monoisotopic (exact) mass is 547 g/mol. The van der Waals surface area contributed by atoms with E-state index in [2.05, 4.69) is 27.0 Å². The van der Waals surface area contributed by atoms with Gasteiger partial charge in [-0.15, -0.1) is 5.10 Å². The Hall–Kier alpha value is -2.29. The summed E-state index contributed by atoms with van der Waals surface area (Å²) >= 11 is 3.38. The van der Waals surface area contributed by atoms with Crippen LogP contribution in [0, 0.1) is 0 Å². The predicted octanol–water partition coefficient (Wildman–Crippen LogP) is 4.42. The number of nitrogens with zero attached hydrogens (tertiary/aromatic N) is 3. The van der Waals surface area contributed by atoms with E-state index in [0.29, 0.717) is 5.32 Å². The van der Waals surface area contributed by atoms with Crippen molar-refractivity contribution in [3.05, 3.63) is 0 Å². The van der Waals surface area contributed by atoms with Crippen LogP contribution in [0.3, 0.4) is 0 Å². The maximum absolute atomic E-state index is 13.6. The first-order valence-electron chi connectivity index (χ1n) is 7.01. The zero-order valence-corrected chi connectivity index (χ0v) is 14.9. The number of anilines is 1. The van der Waals surface area contributed by atoms with Crippen LogP contribution in [0.25, 0.3) is 0 Å². The highest BCUT2D eigenvalue weighted by Crippen LogP contribution is 2.64. The molecular weight excluding hydrogens is 546 g/mol. The lowest BCUT2D eigenvalue weighted by atomic mass is 9.89. The molecule has 0 radical (unpaired) electrons. The molecule has 0 saturated carbocycles. The molecule has 0 unspecified atom stereocenters. The first-order chi connectivity index (χ1) is 14.2. The summed E-state index contributed by atoms with van der Waals surface area (Å²) < 4.78 is 212. The zero-order valence-electron chi connectivity index (χ0n) is 14.2. The number of aromatic amines is 1. The molecule has 1 heterocycles. The van der Waals surface area contributed by atoms with E-state index in [1.54, 1.807) is 0 Å². The van der Waals surface area contributed by atoms with E-state index in [4.69, 9.17) is 0 Å². The number of hydrogen-bond acceptors (Lipinski definition) is 4. The van der Waals surface area contributed by atoms with Crippen LogP contribution in [0.15, 0.2) is 0 Å². The Morgan fingerprint density at radius 3 is 1.36 bits per heavy atom. The average molecular weight is 548 g/mol. The molecule has 192 valence electrons. The third-order valence-corrected chi connectivity index (χ3v) is 3.82. The fourth-order valence-corrected chi connectivity index (χ4v) is 1.82. The minimum atomic E-state index is -8.66. The number of H-pyrrole nitrogens is 1. The van der Waals surface area contributed by atoms with E-state index in [-0.39, 0.29) is 0 Å². The normalized spacial score (nSPS) is 15.5. The lowest BCUT2D eigenvalue weighted by Gasteiger charge is -2.42. The van der Waals surface area contributed by atoms with E-state index in [1.165, 1.54) is 5.21 Å². The third-order valence-electron chi connectivity index (χ3n) is 3.58. The second-order valence-electron chi connectivity index (χ2n) is 5.71. The van der Waals surface area contributed by atoms with Crippen LogP contribution in [-0.2, 0) is 4.79 Å². The summed E-state index contributed by atoms with van der Waals surface area (Å²) in [5, 5.41) is 2.71. The van der Waals surface area contributed by atoms with Crippen molar-refractivity contribution in [2.75, 3.05) is 5.32 Å². The molecule has 1 aromatic heterocycles. The van der Waals surface area contributed by atoms with E-state index in [0.717, 1.165) is 0 Å². The van der Waals surface area contributed by atoms with Gasteiger partial charge in [0.2, 0.25) is 0 Å². The topological polar surface area (TPSA) is 83.6 Å². The number of nitrogens with one attached hydrogen (secondary N) is 2. The van der Waals surface area contributed by atoms with Crippen LogP contribution in [0.5, 0.6) is 0 Å². The van der Waals surface area contributed by atoms with E-state index < -0.39 is 58.7 Å². The number of carbonyl (C=O) groups excluding carboxylic acids is 1. The first-order valence-corrected chi connectivity index (χ1v) is 7.39. The molecule has 0 aliphatic heterocycles. The summed E-state index contributed by atoms with van der Waals surface area (Å²) in [4.78, 5) is 11.1. The smallest absolute Gasteiger partial charge is 0.286 e. The predicted molar refractivity (Wildman–Crippen MR) is 68.2 cm³/mol. The van der Waals surface area contributed by atoms with Crippen LogP contribution in [-0.4, -0.2) is 73.4 Å². The summed E-state index contributed by atoms with van der Waals surface area (Å²) in [6.45, 7) is 0. The Morgan fingerprint density at radius 2 is 1.03 bits per heavy atom. The molecule has 1 aromatic rings. The summed E-state index contributed by atoms with van der Waals surface area (Å²) in [5.74, 6) is -62.5. The van der Waals surface area contributed by atoms with Gasteiger partial charge in [-0.1, -0.05) is 5.10 Å². The standard InChI is InChI=1S/C10H2ClF16N5O/c11-10(26,27)9(24,25)8(22,23)7(20,21)6(18,19)5(16,17)4(14,15)3(12,13)1(33)28-2-29-31-32-30-2/h(H2,28,29,30,31,32,33). The summed E-state index contributed by atoms with van der Waals surface area (Å²) in [7, 11) is 0. The molecule has 1 rings (SSSR count). The molecule has 0 saturated heterocycles. The van der Waals surface area contributed by atoms with Gasteiger partial charge in [0, 0.05) is 0 Å². The van der Waals surface area contributed by atoms with Crippen molar-refractivity contribution in [3.8, 4) is 0 Å². The van der Waals surface area contributed by atoms with Crippen molar-refractivity contribution in [3.63, 3.8) is 0 Å². The van der Waals surface area contributed by atoms with Crippen LogP contribution in [0.2, 0.25) is 0 Å². The van der Waals surface area contributed by atoms with Crippen molar-refractivity contribution < 1.29 is 75.0 Å². The molecule has 0 aliphatic carbocycles. The zero-order chi connectivity index (χ0) is 26.7. The fraction of sp³-hybridized carbons (Fsp3) is 0.800. The van der Waals surface area contributed by atoms with Gasteiger partial charge in [0.15, 0.2) is 0 Å². The Kier molecular flexibility index (Phi) is 6.63. The third kappa shape index (κ3) is 3.78. The van der Waals surface area contributed by atoms with E-state index >= 15 is 0 Å². The van der Waals surface area contributed by atoms with E-state index in [1.807, 2.05) is 0 Å². The molecule has 1 amide bonds. The van der Waals surface area contributed by atoms with Crippen LogP contribution >= 0.6 is 11.6 Å². The van der Waals surface area contributed by atoms with Crippen LogP contribution in [0.4, 0.5) is 76.2 Å². The van der Waals surface area contributed by atoms with Gasteiger partial charge in [0.05, 0.1) is 0 Å². The minimum Gasteiger partial charge on any atom is -0.286 e. The van der Waals surface area contributed by atoms with Crippen molar-refractivity contribution in [1.82, 2.24) is 20.6 Å². The molecule has 6 nitrogen and oxygen atoms in total. The molecule has 0 aliphatic rings. The molecule has 33 heavy (non-hydrogen) atoms. The van der Waals surface area contributed by atoms with Gasteiger partial charge in [0.25, 0.3) is 5.95 Å². The first kappa shape index (κ1) is 28.7. The number of alkyl halides is 17. The second-order valence-corrected chi connectivity index (χ2v) is 6.18. The quantitative estimate of drug-likeness (QED) is 0.354. The minimum absolute atomic E-state index is 0.470. The molecule has 0 aromatic carbocycles. The number of tetrazole rings is 1. The summed E-state index contributed by atoms with van der Waals surface area (Å²) in [6.07, 6.45) is 0. The maximum Gasteiger partial charge on any atom is 0.393 e. The molecule has 23 heteroatoms. The molecular formula is C10H2ClF16N5O. The number of carbonyl (C=O) groups is 1. The number of rotatable bonds is 9. The lowest BCUT2D eigenvalue weighted by molar-refractivity contribution is -0.445. The summed E-state index contributed by atoms with van der Waals surface area (Å²) in [6, 6.07) is 0. The molecule has 0 atom stereocenters. The number of aromatic nitrogens is 4. The fourth-order valence-electron chi connectivity index (χ4n) is 1.70. The molecule has 0 fully saturated rings. The van der Waals surface area contributed by atoms with Crippen LogP contribution in [0.1, 0.15) is 0 Å². The SMILES string of the molecule is O=C(Nc1nn[nH]n1)C(F)(F)C(F)(F)C(F)(F)C(F)(F)C(F)(F)C(F)(F)C(F)(F)C(F)(F)Cl. The van der Waals surface area contributed by atoms with Gasteiger partial charge in [-0.25, -0.2) is 0 Å². The van der Waals surface area contributed by atoms with Gasteiger partial charge in [-0.05, 0) is 16.8 Å². The highest BCUT2D eigenvalue weighted by atomic mass is 35.5. The van der Waals surface area contributed by atoms with Gasteiger partial charge in [-0.2, -0.15) is 75.5 Å². The Morgan fingerprint density at radius 1 is 0.667 bits per heavy atom. The van der Waals surface area contributed by atoms with E-state index in [9.17, 15) is 75.0 Å². The van der Waals surface area contributed by atoms with Crippen molar-refractivity contribution >= 4 is 23.5 Å². The number of hydrogen-bond donors (Lipinski definition) is 2. The van der Waals surface area contributed by atoms with Gasteiger partial charge in [0.1, 0.15) is 0 Å². The van der Waals surface area contributed by atoms with Gasteiger partial charge < -0.3 is 0 Å². The Balaban J connectivity index is 3.57. The highest BCUT2D eigenvalue weighted by Gasteiger charge is 2.95. The molecule has 2 N–H and O–H groups in total. The number of halogens is 17. The Bertz CT molecular complexity index is 866. The van der Waals surface area contributed by atoms with Crippen molar-refractivity contribution in [1.29, 1.82) is 0 Å². The molecule has 0 bridgehead atoms. The lowest BCUT2D eigenvalue weighted by Crippen LogP contribution is -2.75. The summed E-state index contributed by atoms with van der Waals surface area (Å²) in [5.41, 5.74) is 0.